The third kappa shape index (κ3) is 35.7. The fourth-order valence-electron chi connectivity index (χ4n) is 6.10. The lowest BCUT2D eigenvalue weighted by atomic mass is 10.0. The molecule has 0 amide bonds. The molecule has 0 radical (unpaired) electrons. The normalized spacial score (nSPS) is 11.9. The first-order valence-electron chi connectivity index (χ1n) is 20.9. The average Bonchev–Trinajstić information content (AvgIpc) is 3.06. The Labute approximate surface area is 298 Å². The van der Waals surface area contributed by atoms with Crippen LogP contribution in [0.4, 0.5) is 0 Å². The van der Waals surface area contributed by atoms with Crippen LogP contribution in [-0.2, 0) is 28.6 Å². The van der Waals surface area contributed by atoms with Crippen molar-refractivity contribution < 1.29 is 28.6 Å². The molecule has 6 heteroatoms. The summed E-state index contributed by atoms with van der Waals surface area (Å²) in [5.74, 6) is -0.0559. The number of carbonyl (C=O) groups is 3. The van der Waals surface area contributed by atoms with Crippen LogP contribution < -0.4 is 0 Å². The Hall–Kier alpha value is -1.59. The Morgan fingerprint density at radius 2 is 0.688 bits per heavy atom. The van der Waals surface area contributed by atoms with E-state index in [2.05, 4.69) is 27.7 Å². The summed E-state index contributed by atoms with van der Waals surface area (Å²) in [6.07, 6.45) is 34.0. The zero-order chi connectivity index (χ0) is 35.3. The number of rotatable bonds is 37. The van der Waals surface area contributed by atoms with Crippen molar-refractivity contribution in [3.05, 3.63) is 0 Å². The van der Waals surface area contributed by atoms with Gasteiger partial charge in [0.05, 0.1) is 0 Å². The summed E-state index contributed by atoms with van der Waals surface area (Å²) in [6.45, 7) is 8.88. The van der Waals surface area contributed by atoms with Gasteiger partial charge in [0, 0.05) is 19.3 Å². The molecule has 0 unspecified atom stereocenters. The lowest BCUT2D eigenvalue weighted by molar-refractivity contribution is -0.167. The molecule has 0 aromatic carbocycles. The quantitative estimate of drug-likeness (QED) is 0.0369. The molecule has 48 heavy (non-hydrogen) atoms. The molecule has 284 valence electrons. The van der Waals surface area contributed by atoms with Gasteiger partial charge in [-0.2, -0.15) is 0 Å². The minimum absolute atomic E-state index is 0.0658. The van der Waals surface area contributed by atoms with E-state index in [1.54, 1.807) is 0 Å². The van der Waals surface area contributed by atoms with Gasteiger partial charge in [-0.25, -0.2) is 0 Å². The van der Waals surface area contributed by atoms with Gasteiger partial charge in [0.1, 0.15) is 13.2 Å². The van der Waals surface area contributed by atoms with Gasteiger partial charge in [-0.1, -0.05) is 188 Å². The molecule has 0 fully saturated rings. The van der Waals surface area contributed by atoms with Crippen molar-refractivity contribution in [2.45, 2.75) is 233 Å². The molecule has 6 nitrogen and oxygen atoms in total. The van der Waals surface area contributed by atoms with E-state index in [1.807, 2.05) is 0 Å². The molecular weight excluding hydrogens is 600 g/mol. The smallest absolute Gasteiger partial charge is 0.306 e. The SMILES string of the molecule is CCCCCCCCCCCCCCC(=O)OC[C@H](COC(=O)CCCCCCCCCCCCC(C)C)OC(=O)CCCCCCC. The fourth-order valence-corrected chi connectivity index (χ4v) is 6.10. The number of esters is 3. The average molecular weight is 681 g/mol. The van der Waals surface area contributed by atoms with Gasteiger partial charge < -0.3 is 14.2 Å². The Balaban J connectivity index is 4.19. The molecule has 0 aliphatic carbocycles. The molecule has 0 saturated carbocycles. The van der Waals surface area contributed by atoms with Gasteiger partial charge in [-0.15, -0.1) is 0 Å². The number of hydrogen-bond acceptors (Lipinski definition) is 6. The van der Waals surface area contributed by atoms with E-state index in [9.17, 15) is 14.4 Å². The van der Waals surface area contributed by atoms with Crippen LogP contribution in [-0.4, -0.2) is 37.2 Å². The zero-order valence-electron chi connectivity index (χ0n) is 32.4. The van der Waals surface area contributed by atoms with Crippen molar-refractivity contribution in [1.82, 2.24) is 0 Å². The van der Waals surface area contributed by atoms with E-state index in [0.717, 1.165) is 70.1 Å². The van der Waals surface area contributed by atoms with Crippen molar-refractivity contribution in [3.8, 4) is 0 Å². The Kier molecular flexibility index (Phi) is 35.5. The molecule has 0 aromatic heterocycles. The molecule has 0 heterocycles. The minimum atomic E-state index is -0.756. The molecule has 0 bridgehead atoms. The molecule has 0 aliphatic rings. The lowest BCUT2D eigenvalue weighted by Crippen LogP contribution is -2.30. The van der Waals surface area contributed by atoms with Crippen molar-refractivity contribution >= 4 is 17.9 Å². The molecule has 0 aromatic rings. The summed E-state index contributed by atoms with van der Waals surface area (Å²) in [4.78, 5) is 37.3. The first-order valence-corrected chi connectivity index (χ1v) is 20.9. The third-order valence-corrected chi connectivity index (χ3v) is 9.29. The Morgan fingerprint density at radius 3 is 1.02 bits per heavy atom. The lowest BCUT2D eigenvalue weighted by Gasteiger charge is -2.18. The van der Waals surface area contributed by atoms with Crippen LogP contribution >= 0.6 is 0 Å². The van der Waals surface area contributed by atoms with E-state index in [-0.39, 0.29) is 31.1 Å². The summed E-state index contributed by atoms with van der Waals surface area (Å²) in [5.41, 5.74) is 0. The second-order valence-corrected chi connectivity index (χ2v) is 14.7. The molecule has 0 rings (SSSR count). The summed E-state index contributed by atoms with van der Waals surface area (Å²) in [5, 5.41) is 0. The molecule has 0 aliphatic heterocycles. The highest BCUT2D eigenvalue weighted by Gasteiger charge is 2.19. The maximum atomic E-state index is 12.5. The monoisotopic (exact) mass is 681 g/mol. The highest BCUT2D eigenvalue weighted by atomic mass is 16.6. The van der Waals surface area contributed by atoms with Crippen LogP contribution in [0.15, 0.2) is 0 Å². The topological polar surface area (TPSA) is 78.9 Å². The first-order chi connectivity index (χ1) is 23.4. The minimum Gasteiger partial charge on any atom is -0.462 e. The number of carbonyl (C=O) groups excluding carboxylic acids is 3. The Morgan fingerprint density at radius 1 is 0.396 bits per heavy atom. The van der Waals surface area contributed by atoms with Gasteiger partial charge in [0.15, 0.2) is 6.10 Å². The second kappa shape index (κ2) is 36.7. The molecule has 0 spiro atoms. The third-order valence-electron chi connectivity index (χ3n) is 9.29. The van der Waals surface area contributed by atoms with Crippen LogP contribution in [0.3, 0.4) is 0 Å². The van der Waals surface area contributed by atoms with E-state index >= 15 is 0 Å². The number of ether oxygens (including phenoxy) is 3. The largest absolute Gasteiger partial charge is 0.462 e. The van der Waals surface area contributed by atoms with Crippen molar-refractivity contribution in [1.29, 1.82) is 0 Å². The fraction of sp³-hybridized carbons (Fsp3) is 0.929. The predicted octanol–water partition coefficient (Wildman–Crippen LogP) is 12.8. The molecule has 0 N–H and O–H groups in total. The second-order valence-electron chi connectivity index (χ2n) is 14.7. The van der Waals surface area contributed by atoms with Crippen LogP contribution in [0.1, 0.15) is 227 Å². The van der Waals surface area contributed by atoms with E-state index in [4.69, 9.17) is 14.2 Å². The van der Waals surface area contributed by atoms with Crippen molar-refractivity contribution in [2.24, 2.45) is 5.92 Å². The molecule has 1 atom stereocenters. The summed E-state index contributed by atoms with van der Waals surface area (Å²) in [6, 6.07) is 0. The van der Waals surface area contributed by atoms with E-state index in [0.29, 0.717) is 19.3 Å². The first kappa shape index (κ1) is 46.4. The van der Waals surface area contributed by atoms with Crippen LogP contribution in [0.25, 0.3) is 0 Å². The van der Waals surface area contributed by atoms with Crippen LogP contribution in [0.5, 0.6) is 0 Å². The maximum absolute atomic E-state index is 12.5. The molecular formula is C42H80O6. The summed E-state index contributed by atoms with van der Waals surface area (Å²) in [7, 11) is 0. The number of hydrogen-bond donors (Lipinski definition) is 0. The highest BCUT2D eigenvalue weighted by molar-refractivity contribution is 5.71. The molecule has 0 saturated heterocycles. The van der Waals surface area contributed by atoms with E-state index < -0.39 is 6.10 Å². The number of unbranched alkanes of at least 4 members (excludes halogenated alkanes) is 24. The highest BCUT2D eigenvalue weighted by Crippen LogP contribution is 2.15. The van der Waals surface area contributed by atoms with E-state index in [1.165, 1.54) is 116 Å². The summed E-state index contributed by atoms with van der Waals surface area (Å²) < 4.78 is 16.5. The van der Waals surface area contributed by atoms with Crippen molar-refractivity contribution in [3.63, 3.8) is 0 Å². The maximum Gasteiger partial charge on any atom is 0.306 e. The van der Waals surface area contributed by atoms with Crippen molar-refractivity contribution in [2.75, 3.05) is 13.2 Å². The van der Waals surface area contributed by atoms with Gasteiger partial charge in [0.2, 0.25) is 0 Å². The predicted molar refractivity (Wildman–Crippen MR) is 201 cm³/mol. The van der Waals surface area contributed by atoms with Gasteiger partial charge in [-0.3, -0.25) is 14.4 Å². The van der Waals surface area contributed by atoms with Crippen LogP contribution in [0.2, 0.25) is 0 Å². The van der Waals surface area contributed by atoms with Gasteiger partial charge >= 0.3 is 17.9 Å². The van der Waals surface area contributed by atoms with Gasteiger partial charge in [-0.05, 0) is 25.2 Å². The van der Waals surface area contributed by atoms with Gasteiger partial charge in [0.25, 0.3) is 0 Å². The van der Waals surface area contributed by atoms with Crippen LogP contribution in [0, 0.1) is 5.92 Å². The summed E-state index contributed by atoms with van der Waals surface area (Å²) >= 11 is 0. The Bertz CT molecular complexity index is 721. The standard InChI is InChI=1S/C42H80O6/c1-5-7-9-11-12-13-14-15-19-22-26-29-33-40(43)46-36-39(48-42(45)35-31-24-10-8-6-2)37-47-41(44)34-30-27-23-20-17-16-18-21-25-28-32-38(3)4/h38-39H,5-37H2,1-4H3/t39-/m1/s1. The zero-order valence-corrected chi connectivity index (χ0v) is 32.4.